The Balaban J connectivity index is 1.48. The molecule has 1 atom stereocenters. The van der Waals surface area contributed by atoms with Crippen molar-refractivity contribution in [1.29, 1.82) is 5.26 Å². The Labute approximate surface area is 162 Å². The summed E-state index contributed by atoms with van der Waals surface area (Å²) in [6.07, 6.45) is 3.43. The number of piperidine rings is 1. The van der Waals surface area contributed by atoms with Crippen LogP contribution < -0.4 is 0 Å². The van der Waals surface area contributed by atoms with Crippen LogP contribution in [-0.4, -0.2) is 39.0 Å². The number of hydrogen-bond acceptors (Lipinski definition) is 6. The normalized spacial score (nSPS) is 16.6. The van der Waals surface area contributed by atoms with E-state index in [1.807, 2.05) is 36.4 Å². The lowest BCUT2D eigenvalue weighted by Crippen LogP contribution is -2.39. The lowest BCUT2D eigenvalue weighted by atomic mass is 9.98. The lowest BCUT2D eigenvalue weighted by molar-refractivity contribution is 0.0699. The smallest absolute Gasteiger partial charge is 0.259 e. The molecule has 0 bridgehead atoms. The highest BCUT2D eigenvalue weighted by molar-refractivity contribution is 5.94. The second kappa shape index (κ2) is 7.61. The summed E-state index contributed by atoms with van der Waals surface area (Å²) >= 11 is 0. The number of aromatic nitrogens is 3. The van der Waals surface area contributed by atoms with E-state index < -0.39 is 0 Å². The largest absolute Gasteiger partial charge is 0.337 e. The third kappa shape index (κ3) is 3.62. The SMILES string of the molecule is Cc1noc(-c2ccc(-c3ccc(C(=O)N4CCC[C@@H](C#N)C4)cc3)nc2)n1. The zero-order valence-corrected chi connectivity index (χ0v) is 15.5. The molecule has 1 aliphatic rings. The molecule has 2 aromatic heterocycles. The van der Waals surface area contributed by atoms with Crippen LogP contribution in [0.1, 0.15) is 29.0 Å². The molecule has 0 spiro atoms. The third-order valence-corrected chi connectivity index (χ3v) is 4.86. The van der Waals surface area contributed by atoms with Gasteiger partial charge in [0.05, 0.1) is 23.2 Å². The summed E-state index contributed by atoms with van der Waals surface area (Å²) in [6, 6.07) is 13.4. The van der Waals surface area contributed by atoms with Crippen molar-refractivity contribution in [3.8, 4) is 28.8 Å². The fourth-order valence-electron chi connectivity index (χ4n) is 3.34. The molecule has 1 aliphatic heterocycles. The number of rotatable bonds is 3. The predicted molar refractivity (Wildman–Crippen MR) is 102 cm³/mol. The first-order valence-corrected chi connectivity index (χ1v) is 9.20. The van der Waals surface area contributed by atoms with Gasteiger partial charge in [0.25, 0.3) is 11.8 Å². The van der Waals surface area contributed by atoms with Gasteiger partial charge in [-0.15, -0.1) is 0 Å². The van der Waals surface area contributed by atoms with Gasteiger partial charge in [0.2, 0.25) is 0 Å². The zero-order chi connectivity index (χ0) is 19.5. The van der Waals surface area contributed by atoms with Crippen molar-refractivity contribution >= 4 is 5.91 Å². The molecule has 1 aromatic carbocycles. The molecule has 28 heavy (non-hydrogen) atoms. The molecular formula is C21H19N5O2. The van der Waals surface area contributed by atoms with Crippen LogP contribution in [0.2, 0.25) is 0 Å². The number of nitriles is 1. The lowest BCUT2D eigenvalue weighted by Gasteiger charge is -2.29. The molecule has 4 rings (SSSR count). The van der Waals surface area contributed by atoms with Crippen LogP contribution in [-0.2, 0) is 0 Å². The van der Waals surface area contributed by atoms with Gasteiger partial charge in [-0.25, -0.2) is 0 Å². The topological polar surface area (TPSA) is 95.9 Å². The Hall–Kier alpha value is -3.53. The number of benzene rings is 1. The maximum atomic E-state index is 12.7. The van der Waals surface area contributed by atoms with E-state index in [1.165, 1.54) is 0 Å². The Morgan fingerprint density at radius 3 is 2.64 bits per heavy atom. The van der Waals surface area contributed by atoms with Crippen LogP contribution in [0.25, 0.3) is 22.7 Å². The highest BCUT2D eigenvalue weighted by Gasteiger charge is 2.24. The van der Waals surface area contributed by atoms with Crippen molar-refractivity contribution < 1.29 is 9.32 Å². The van der Waals surface area contributed by atoms with Gasteiger partial charge in [-0.1, -0.05) is 17.3 Å². The maximum Gasteiger partial charge on any atom is 0.259 e. The molecule has 0 radical (unpaired) electrons. The number of carbonyl (C=O) groups excluding carboxylic acids is 1. The van der Waals surface area contributed by atoms with Crippen LogP contribution in [0.4, 0.5) is 0 Å². The van der Waals surface area contributed by atoms with Gasteiger partial charge in [0, 0.05) is 30.4 Å². The Bertz CT molecular complexity index is 1020. The second-order valence-electron chi connectivity index (χ2n) is 6.88. The molecule has 1 fully saturated rings. The number of carbonyl (C=O) groups is 1. The van der Waals surface area contributed by atoms with E-state index >= 15 is 0 Å². The Morgan fingerprint density at radius 2 is 2.00 bits per heavy atom. The number of nitrogens with zero attached hydrogens (tertiary/aromatic N) is 5. The molecule has 3 aromatic rings. The van der Waals surface area contributed by atoms with Crippen molar-refractivity contribution in [3.05, 3.63) is 54.0 Å². The van der Waals surface area contributed by atoms with Gasteiger partial charge in [-0.3, -0.25) is 9.78 Å². The molecule has 0 saturated carbocycles. The molecule has 7 nitrogen and oxygen atoms in total. The average Bonchev–Trinajstić information content (AvgIpc) is 3.20. The molecule has 0 aliphatic carbocycles. The first kappa shape index (κ1) is 17.9. The van der Waals surface area contributed by atoms with Crippen molar-refractivity contribution in [1.82, 2.24) is 20.0 Å². The number of pyridine rings is 1. The average molecular weight is 373 g/mol. The second-order valence-corrected chi connectivity index (χ2v) is 6.88. The molecular weight excluding hydrogens is 354 g/mol. The Kier molecular flexibility index (Phi) is 4.85. The Morgan fingerprint density at radius 1 is 1.21 bits per heavy atom. The first-order chi connectivity index (χ1) is 13.6. The summed E-state index contributed by atoms with van der Waals surface area (Å²) in [5, 5.41) is 12.9. The third-order valence-electron chi connectivity index (χ3n) is 4.86. The fourth-order valence-corrected chi connectivity index (χ4v) is 3.34. The van der Waals surface area contributed by atoms with Gasteiger partial charge < -0.3 is 9.42 Å². The van der Waals surface area contributed by atoms with Gasteiger partial charge in [-0.05, 0) is 44.0 Å². The summed E-state index contributed by atoms with van der Waals surface area (Å²) in [7, 11) is 0. The number of aryl methyl sites for hydroxylation is 1. The fraction of sp³-hybridized carbons (Fsp3) is 0.286. The van der Waals surface area contributed by atoms with Crippen molar-refractivity contribution in [2.75, 3.05) is 13.1 Å². The molecule has 3 heterocycles. The standard InChI is InChI=1S/C21H19N5O2/c1-14-24-20(28-25-14)18-8-9-19(23-12-18)16-4-6-17(7-5-16)21(27)26-10-2-3-15(11-22)13-26/h4-9,12,15H,2-3,10,13H2,1H3/t15-/m0/s1. The number of amides is 1. The van der Waals surface area contributed by atoms with Crippen molar-refractivity contribution in [2.24, 2.45) is 5.92 Å². The van der Waals surface area contributed by atoms with Gasteiger partial charge in [0.1, 0.15) is 0 Å². The monoisotopic (exact) mass is 373 g/mol. The van der Waals surface area contributed by atoms with E-state index in [4.69, 9.17) is 9.78 Å². The minimum Gasteiger partial charge on any atom is -0.337 e. The van der Waals surface area contributed by atoms with E-state index in [0.717, 1.165) is 29.7 Å². The molecule has 140 valence electrons. The maximum absolute atomic E-state index is 12.7. The molecule has 7 heteroatoms. The minimum absolute atomic E-state index is 0.0263. The number of likely N-dealkylation sites (tertiary alicyclic amines) is 1. The van der Waals surface area contributed by atoms with Gasteiger partial charge in [0.15, 0.2) is 5.82 Å². The van der Waals surface area contributed by atoms with Crippen LogP contribution in [0.3, 0.4) is 0 Å². The predicted octanol–water partition coefficient (Wildman–Crippen LogP) is 3.48. The van der Waals surface area contributed by atoms with E-state index in [1.54, 1.807) is 18.0 Å². The van der Waals surface area contributed by atoms with E-state index in [0.29, 0.717) is 30.4 Å². The number of hydrogen-bond donors (Lipinski definition) is 0. The first-order valence-electron chi connectivity index (χ1n) is 9.20. The highest BCUT2D eigenvalue weighted by Crippen LogP contribution is 2.23. The van der Waals surface area contributed by atoms with Gasteiger partial charge >= 0.3 is 0 Å². The molecule has 1 amide bonds. The summed E-state index contributed by atoms with van der Waals surface area (Å²) < 4.78 is 5.15. The van der Waals surface area contributed by atoms with Crippen LogP contribution in [0.15, 0.2) is 47.1 Å². The van der Waals surface area contributed by atoms with Crippen LogP contribution in [0, 0.1) is 24.2 Å². The van der Waals surface area contributed by atoms with E-state index in [9.17, 15) is 4.79 Å². The molecule has 1 saturated heterocycles. The summed E-state index contributed by atoms with van der Waals surface area (Å²) in [6.45, 7) is 2.98. The van der Waals surface area contributed by atoms with E-state index in [-0.39, 0.29) is 11.8 Å². The summed E-state index contributed by atoms with van der Waals surface area (Å²) in [5.41, 5.74) is 3.09. The molecule has 0 N–H and O–H groups in total. The van der Waals surface area contributed by atoms with E-state index in [2.05, 4.69) is 21.2 Å². The minimum atomic E-state index is -0.0673. The van der Waals surface area contributed by atoms with Crippen LogP contribution in [0.5, 0.6) is 0 Å². The van der Waals surface area contributed by atoms with Crippen molar-refractivity contribution in [2.45, 2.75) is 19.8 Å². The molecule has 0 unspecified atom stereocenters. The summed E-state index contributed by atoms with van der Waals surface area (Å²) in [5.74, 6) is 0.924. The quantitative estimate of drug-likeness (QED) is 0.697. The highest BCUT2D eigenvalue weighted by atomic mass is 16.5. The van der Waals surface area contributed by atoms with Gasteiger partial charge in [-0.2, -0.15) is 10.2 Å². The van der Waals surface area contributed by atoms with Crippen molar-refractivity contribution in [3.63, 3.8) is 0 Å². The zero-order valence-electron chi connectivity index (χ0n) is 15.5. The summed E-state index contributed by atoms with van der Waals surface area (Å²) in [4.78, 5) is 23.1. The van der Waals surface area contributed by atoms with Crippen LogP contribution >= 0.6 is 0 Å².